The maximum Gasteiger partial charge on any atom is 0.251 e. The number of carbonyl (C=O) groups excluding carboxylic acids is 2. The highest BCUT2D eigenvalue weighted by Crippen LogP contribution is 2.15. The summed E-state index contributed by atoms with van der Waals surface area (Å²) in [6, 6.07) is 10.1. The molecule has 2 aromatic carbocycles. The fourth-order valence-electron chi connectivity index (χ4n) is 2.64. The SMILES string of the molecule is CCCn1nnc2cc(C(=O)N[C@H](C)C(=O)Nc3ccccc3F)ccc21. The van der Waals surface area contributed by atoms with Crippen molar-refractivity contribution in [1.29, 1.82) is 0 Å². The van der Waals surface area contributed by atoms with Crippen LogP contribution in [-0.2, 0) is 11.3 Å². The quantitative estimate of drug-likeness (QED) is 0.699. The Labute approximate surface area is 155 Å². The fourth-order valence-corrected chi connectivity index (χ4v) is 2.64. The van der Waals surface area contributed by atoms with Gasteiger partial charge < -0.3 is 10.6 Å². The lowest BCUT2D eigenvalue weighted by Gasteiger charge is -2.14. The van der Waals surface area contributed by atoms with Gasteiger partial charge in [-0.05, 0) is 43.7 Å². The minimum Gasteiger partial charge on any atom is -0.341 e. The number of rotatable bonds is 6. The molecule has 140 valence electrons. The molecule has 2 N–H and O–H groups in total. The normalized spacial score (nSPS) is 12.0. The van der Waals surface area contributed by atoms with Gasteiger partial charge in [0.2, 0.25) is 5.91 Å². The molecule has 0 bridgehead atoms. The second kappa shape index (κ2) is 7.94. The van der Waals surface area contributed by atoms with Crippen LogP contribution < -0.4 is 10.6 Å². The third-order valence-electron chi connectivity index (χ3n) is 4.08. The summed E-state index contributed by atoms with van der Waals surface area (Å²) in [4.78, 5) is 24.6. The van der Waals surface area contributed by atoms with Crippen LogP contribution in [0, 0.1) is 5.82 Å². The van der Waals surface area contributed by atoms with Crippen molar-refractivity contribution in [2.24, 2.45) is 0 Å². The van der Waals surface area contributed by atoms with Crippen LogP contribution in [0.15, 0.2) is 42.5 Å². The summed E-state index contributed by atoms with van der Waals surface area (Å²) < 4.78 is 15.4. The van der Waals surface area contributed by atoms with Gasteiger partial charge in [-0.1, -0.05) is 24.3 Å². The van der Waals surface area contributed by atoms with Gasteiger partial charge in [0.1, 0.15) is 17.4 Å². The monoisotopic (exact) mass is 369 g/mol. The molecule has 0 fully saturated rings. The molecule has 0 spiro atoms. The molecule has 2 amide bonds. The molecular formula is C19H20FN5O2. The topological polar surface area (TPSA) is 88.9 Å². The molecule has 27 heavy (non-hydrogen) atoms. The lowest BCUT2D eigenvalue weighted by atomic mass is 10.1. The molecule has 0 saturated carbocycles. The maximum absolute atomic E-state index is 13.6. The molecular weight excluding hydrogens is 349 g/mol. The first kappa shape index (κ1) is 18.5. The van der Waals surface area contributed by atoms with E-state index in [9.17, 15) is 14.0 Å². The molecule has 1 aromatic heterocycles. The number of hydrogen-bond donors (Lipinski definition) is 2. The molecule has 7 nitrogen and oxygen atoms in total. The van der Waals surface area contributed by atoms with E-state index in [1.54, 1.807) is 28.9 Å². The van der Waals surface area contributed by atoms with E-state index < -0.39 is 23.7 Å². The Bertz CT molecular complexity index is 985. The summed E-state index contributed by atoms with van der Waals surface area (Å²) >= 11 is 0. The van der Waals surface area contributed by atoms with Crippen molar-refractivity contribution in [2.45, 2.75) is 32.9 Å². The summed E-state index contributed by atoms with van der Waals surface area (Å²) in [5.41, 5.74) is 1.90. The van der Waals surface area contributed by atoms with Crippen LogP contribution in [0.2, 0.25) is 0 Å². The molecule has 0 aliphatic rings. The fraction of sp³-hybridized carbons (Fsp3) is 0.263. The summed E-state index contributed by atoms with van der Waals surface area (Å²) in [6.07, 6.45) is 0.926. The summed E-state index contributed by atoms with van der Waals surface area (Å²) in [6.45, 7) is 4.32. The second-order valence-corrected chi connectivity index (χ2v) is 6.18. The molecule has 0 aliphatic carbocycles. The van der Waals surface area contributed by atoms with E-state index in [4.69, 9.17) is 0 Å². The number of benzene rings is 2. The van der Waals surface area contributed by atoms with E-state index in [0.717, 1.165) is 18.5 Å². The molecule has 1 atom stereocenters. The van der Waals surface area contributed by atoms with Crippen molar-refractivity contribution in [1.82, 2.24) is 20.3 Å². The zero-order chi connectivity index (χ0) is 19.4. The first-order valence-electron chi connectivity index (χ1n) is 8.69. The van der Waals surface area contributed by atoms with Gasteiger partial charge in [-0.3, -0.25) is 9.59 Å². The van der Waals surface area contributed by atoms with Crippen LogP contribution in [0.5, 0.6) is 0 Å². The highest BCUT2D eigenvalue weighted by Gasteiger charge is 2.18. The van der Waals surface area contributed by atoms with Crippen molar-refractivity contribution < 1.29 is 14.0 Å². The third-order valence-corrected chi connectivity index (χ3v) is 4.08. The number of anilines is 1. The predicted octanol–water partition coefficient (Wildman–Crippen LogP) is 2.74. The van der Waals surface area contributed by atoms with Gasteiger partial charge in [-0.25, -0.2) is 9.07 Å². The van der Waals surface area contributed by atoms with Gasteiger partial charge in [0.25, 0.3) is 5.91 Å². The van der Waals surface area contributed by atoms with Crippen molar-refractivity contribution in [3.05, 3.63) is 53.8 Å². The van der Waals surface area contributed by atoms with Crippen molar-refractivity contribution in [3.63, 3.8) is 0 Å². The average Bonchev–Trinajstić information content (AvgIpc) is 3.06. The smallest absolute Gasteiger partial charge is 0.251 e. The number of aromatic nitrogens is 3. The van der Waals surface area contributed by atoms with Gasteiger partial charge in [0, 0.05) is 12.1 Å². The summed E-state index contributed by atoms with van der Waals surface area (Å²) in [5, 5.41) is 13.2. The van der Waals surface area contributed by atoms with E-state index in [1.807, 2.05) is 6.92 Å². The lowest BCUT2D eigenvalue weighted by Crippen LogP contribution is -2.41. The van der Waals surface area contributed by atoms with Gasteiger partial charge >= 0.3 is 0 Å². The standard InChI is InChI=1S/C19H20FN5O2/c1-3-10-25-17-9-8-13(11-16(17)23-24-25)19(27)21-12(2)18(26)22-15-7-5-4-6-14(15)20/h4-9,11-12H,3,10H2,1-2H3,(H,21,27)(H,22,26)/t12-/m1/s1. The van der Waals surface area contributed by atoms with Gasteiger partial charge in [-0.15, -0.1) is 5.10 Å². The molecule has 0 radical (unpaired) electrons. The largest absolute Gasteiger partial charge is 0.341 e. The Kier molecular flexibility index (Phi) is 5.44. The minimum atomic E-state index is -0.844. The van der Waals surface area contributed by atoms with E-state index in [0.29, 0.717) is 11.1 Å². The molecule has 3 rings (SSSR count). The van der Waals surface area contributed by atoms with Crippen LogP contribution >= 0.6 is 0 Å². The molecule has 8 heteroatoms. The van der Waals surface area contributed by atoms with E-state index >= 15 is 0 Å². The number of nitrogens with zero attached hydrogens (tertiary/aromatic N) is 3. The van der Waals surface area contributed by atoms with Crippen molar-refractivity contribution >= 4 is 28.5 Å². The van der Waals surface area contributed by atoms with E-state index in [2.05, 4.69) is 20.9 Å². The number of hydrogen-bond acceptors (Lipinski definition) is 4. The number of para-hydroxylation sites is 1. The first-order valence-corrected chi connectivity index (χ1v) is 8.69. The zero-order valence-electron chi connectivity index (χ0n) is 15.1. The number of aryl methyl sites for hydroxylation is 1. The number of amides is 2. The van der Waals surface area contributed by atoms with Crippen molar-refractivity contribution in [2.75, 3.05) is 5.32 Å². The summed E-state index contributed by atoms with van der Waals surface area (Å²) in [5.74, 6) is -1.47. The Balaban J connectivity index is 1.68. The Hall–Kier alpha value is -3.29. The van der Waals surface area contributed by atoms with Gasteiger partial charge in [0.05, 0.1) is 11.2 Å². The minimum absolute atomic E-state index is 0.0672. The Morgan fingerprint density at radius 1 is 1.22 bits per heavy atom. The highest BCUT2D eigenvalue weighted by molar-refractivity contribution is 6.02. The van der Waals surface area contributed by atoms with Crippen LogP contribution in [-0.4, -0.2) is 32.9 Å². The zero-order valence-corrected chi connectivity index (χ0v) is 15.1. The maximum atomic E-state index is 13.6. The average molecular weight is 369 g/mol. The number of fused-ring (bicyclic) bond motifs is 1. The van der Waals surface area contributed by atoms with Crippen LogP contribution in [0.25, 0.3) is 11.0 Å². The molecule has 0 saturated heterocycles. The van der Waals surface area contributed by atoms with Crippen LogP contribution in [0.1, 0.15) is 30.6 Å². The number of carbonyl (C=O) groups is 2. The van der Waals surface area contributed by atoms with E-state index in [1.165, 1.54) is 25.1 Å². The third kappa shape index (κ3) is 4.11. The van der Waals surface area contributed by atoms with Crippen molar-refractivity contribution in [3.8, 4) is 0 Å². The molecule has 0 aliphatic heterocycles. The molecule has 0 unspecified atom stereocenters. The second-order valence-electron chi connectivity index (χ2n) is 6.18. The van der Waals surface area contributed by atoms with Crippen LogP contribution in [0.4, 0.5) is 10.1 Å². The van der Waals surface area contributed by atoms with E-state index in [-0.39, 0.29) is 5.69 Å². The van der Waals surface area contributed by atoms with Crippen LogP contribution in [0.3, 0.4) is 0 Å². The number of nitrogens with one attached hydrogen (secondary N) is 2. The number of halogens is 1. The van der Waals surface area contributed by atoms with Gasteiger partial charge in [0.15, 0.2) is 0 Å². The highest BCUT2D eigenvalue weighted by atomic mass is 19.1. The Morgan fingerprint density at radius 3 is 2.74 bits per heavy atom. The van der Waals surface area contributed by atoms with Gasteiger partial charge in [-0.2, -0.15) is 0 Å². The Morgan fingerprint density at radius 2 is 2.00 bits per heavy atom. The predicted molar refractivity (Wildman–Crippen MR) is 99.8 cm³/mol. The lowest BCUT2D eigenvalue weighted by molar-refractivity contribution is -0.117. The first-order chi connectivity index (χ1) is 13.0. The molecule has 3 aromatic rings. The summed E-state index contributed by atoms with van der Waals surface area (Å²) in [7, 11) is 0. The molecule has 1 heterocycles.